The minimum absolute atomic E-state index is 0.227. The Labute approximate surface area is 158 Å². The highest BCUT2D eigenvalue weighted by atomic mass is 16.5. The van der Waals surface area contributed by atoms with Crippen LogP contribution >= 0.6 is 0 Å². The Morgan fingerprint density at radius 2 is 1.81 bits per heavy atom. The van der Waals surface area contributed by atoms with Crippen LogP contribution in [-0.4, -0.2) is 23.2 Å². The lowest BCUT2D eigenvalue weighted by Crippen LogP contribution is -2.15. The van der Waals surface area contributed by atoms with E-state index in [9.17, 15) is 4.79 Å². The Morgan fingerprint density at radius 1 is 1.04 bits per heavy atom. The van der Waals surface area contributed by atoms with Gasteiger partial charge in [-0.3, -0.25) is 4.79 Å². The van der Waals surface area contributed by atoms with Crippen LogP contribution in [-0.2, 0) is 6.42 Å². The number of anilines is 3. The van der Waals surface area contributed by atoms with E-state index in [-0.39, 0.29) is 11.6 Å². The highest BCUT2D eigenvalue weighted by molar-refractivity contribution is 6.03. The maximum absolute atomic E-state index is 12.4. The van der Waals surface area contributed by atoms with Crippen LogP contribution in [0.5, 0.6) is 5.75 Å². The number of benzene rings is 2. The first-order chi connectivity index (χ1) is 13.1. The highest BCUT2D eigenvalue weighted by Gasteiger charge is 2.12. The second-order valence-corrected chi connectivity index (χ2v) is 6.14. The van der Waals surface area contributed by atoms with E-state index in [2.05, 4.69) is 39.9 Å². The summed E-state index contributed by atoms with van der Waals surface area (Å²) in [5.74, 6) is 0.824. The Kier molecular flexibility index (Phi) is 5.66. The first-order valence-electron chi connectivity index (χ1n) is 8.74. The van der Waals surface area contributed by atoms with Crippen LogP contribution in [0.15, 0.2) is 54.6 Å². The third-order valence-corrected chi connectivity index (χ3v) is 4.13. The minimum Gasteiger partial charge on any atom is -0.495 e. The molecule has 138 valence electrons. The lowest BCUT2D eigenvalue weighted by Gasteiger charge is -2.11. The van der Waals surface area contributed by atoms with Gasteiger partial charge in [0.05, 0.1) is 12.8 Å². The van der Waals surface area contributed by atoms with Crippen molar-refractivity contribution in [3.8, 4) is 5.75 Å². The number of carbonyl (C=O) groups is 1. The zero-order valence-corrected chi connectivity index (χ0v) is 15.6. The molecule has 0 saturated heterocycles. The molecule has 2 N–H and O–H groups in total. The molecular formula is C21H22N4O2. The highest BCUT2D eigenvalue weighted by Crippen LogP contribution is 2.25. The van der Waals surface area contributed by atoms with Crippen molar-refractivity contribution < 1.29 is 9.53 Å². The van der Waals surface area contributed by atoms with Crippen molar-refractivity contribution >= 4 is 23.1 Å². The largest absolute Gasteiger partial charge is 0.495 e. The van der Waals surface area contributed by atoms with E-state index in [1.807, 2.05) is 37.3 Å². The van der Waals surface area contributed by atoms with Crippen molar-refractivity contribution in [2.75, 3.05) is 17.7 Å². The number of amides is 1. The molecule has 1 amide bonds. The molecule has 0 unspecified atom stereocenters. The molecule has 3 aromatic rings. The number of carbonyl (C=O) groups excluding carboxylic acids is 1. The Morgan fingerprint density at radius 3 is 2.44 bits per heavy atom. The molecule has 0 bridgehead atoms. The van der Waals surface area contributed by atoms with Gasteiger partial charge in [-0.1, -0.05) is 25.1 Å². The van der Waals surface area contributed by atoms with Crippen molar-refractivity contribution in [3.05, 3.63) is 71.4 Å². The number of hydrogen-bond donors (Lipinski definition) is 2. The summed E-state index contributed by atoms with van der Waals surface area (Å²) in [7, 11) is 1.56. The molecule has 1 heterocycles. The molecule has 1 aromatic heterocycles. The SMILES string of the molecule is CCc1ccc(Nc2ccc(C(=O)Nc3cc(C)ccc3OC)nn2)cc1. The topological polar surface area (TPSA) is 76.1 Å². The van der Waals surface area contributed by atoms with Gasteiger partial charge >= 0.3 is 0 Å². The number of nitrogens with zero attached hydrogens (tertiary/aromatic N) is 2. The minimum atomic E-state index is -0.342. The van der Waals surface area contributed by atoms with E-state index < -0.39 is 0 Å². The maximum atomic E-state index is 12.4. The van der Waals surface area contributed by atoms with Crippen LogP contribution in [0.25, 0.3) is 0 Å². The van der Waals surface area contributed by atoms with Gasteiger partial charge in [0.25, 0.3) is 5.91 Å². The standard InChI is InChI=1S/C21H22N4O2/c1-4-15-6-8-16(9-7-15)22-20-12-10-17(24-25-20)21(26)23-18-13-14(2)5-11-19(18)27-3/h5-13H,4H2,1-3H3,(H,22,25)(H,23,26). The second kappa shape index (κ2) is 8.31. The van der Waals surface area contributed by atoms with Crippen LogP contribution in [0, 0.1) is 6.92 Å². The Balaban J connectivity index is 1.69. The van der Waals surface area contributed by atoms with Gasteiger partial charge < -0.3 is 15.4 Å². The first kappa shape index (κ1) is 18.4. The van der Waals surface area contributed by atoms with Crippen molar-refractivity contribution in [1.82, 2.24) is 10.2 Å². The summed E-state index contributed by atoms with van der Waals surface area (Å²) in [5.41, 5.74) is 4.03. The third-order valence-electron chi connectivity index (χ3n) is 4.13. The number of hydrogen-bond acceptors (Lipinski definition) is 5. The summed E-state index contributed by atoms with van der Waals surface area (Å²) in [4.78, 5) is 12.4. The summed E-state index contributed by atoms with van der Waals surface area (Å²) in [6.45, 7) is 4.06. The fraction of sp³-hybridized carbons (Fsp3) is 0.190. The van der Waals surface area contributed by atoms with Gasteiger partial charge in [0.15, 0.2) is 11.5 Å². The third kappa shape index (κ3) is 4.61. The molecule has 0 saturated carbocycles. The number of rotatable bonds is 6. The molecule has 0 radical (unpaired) electrons. The van der Waals surface area contributed by atoms with Gasteiger partial charge in [0.1, 0.15) is 5.75 Å². The van der Waals surface area contributed by atoms with E-state index in [0.717, 1.165) is 17.7 Å². The summed E-state index contributed by atoms with van der Waals surface area (Å²) in [6.07, 6.45) is 0.996. The van der Waals surface area contributed by atoms with Crippen molar-refractivity contribution in [3.63, 3.8) is 0 Å². The first-order valence-corrected chi connectivity index (χ1v) is 8.74. The predicted molar refractivity (Wildman–Crippen MR) is 107 cm³/mol. The second-order valence-electron chi connectivity index (χ2n) is 6.14. The van der Waals surface area contributed by atoms with E-state index >= 15 is 0 Å². The van der Waals surface area contributed by atoms with E-state index in [1.165, 1.54) is 5.56 Å². The lowest BCUT2D eigenvalue weighted by molar-refractivity contribution is 0.102. The Bertz CT molecular complexity index is 922. The average Bonchev–Trinajstić information content (AvgIpc) is 2.69. The average molecular weight is 362 g/mol. The van der Waals surface area contributed by atoms with Crippen LogP contribution in [0.1, 0.15) is 28.5 Å². The Hall–Kier alpha value is -3.41. The molecule has 3 rings (SSSR count). The molecule has 0 aliphatic rings. The van der Waals surface area contributed by atoms with Gasteiger partial charge in [-0.25, -0.2) is 0 Å². The maximum Gasteiger partial charge on any atom is 0.276 e. The number of methoxy groups -OCH3 is 1. The van der Waals surface area contributed by atoms with Crippen LogP contribution < -0.4 is 15.4 Å². The zero-order valence-electron chi connectivity index (χ0n) is 15.6. The molecule has 2 aromatic carbocycles. The molecule has 6 nitrogen and oxygen atoms in total. The molecular weight excluding hydrogens is 340 g/mol. The summed E-state index contributed by atoms with van der Waals surface area (Å²) >= 11 is 0. The molecule has 0 fully saturated rings. The quantitative estimate of drug-likeness (QED) is 0.682. The number of ether oxygens (including phenoxy) is 1. The fourth-order valence-corrected chi connectivity index (χ4v) is 2.60. The van der Waals surface area contributed by atoms with Crippen molar-refractivity contribution in [2.24, 2.45) is 0 Å². The van der Waals surface area contributed by atoms with Gasteiger partial charge in [-0.05, 0) is 60.9 Å². The molecule has 0 spiro atoms. The summed E-state index contributed by atoms with van der Waals surface area (Å²) < 4.78 is 5.28. The van der Waals surface area contributed by atoms with E-state index in [4.69, 9.17) is 4.74 Å². The van der Waals surface area contributed by atoms with Gasteiger partial charge in [-0.2, -0.15) is 0 Å². The fourth-order valence-electron chi connectivity index (χ4n) is 2.60. The van der Waals surface area contributed by atoms with Crippen molar-refractivity contribution in [2.45, 2.75) is 20.3 Å². The van der Waals surface area contributed by atoms with Crippen LogP contribution in [0.4, 0.5) is 17.2 Å². The number of nitrogens with one attached hydrogen (secondary N) is 2. The summed E-state index contributed by atoms with van der Waals surface area (Å²) in [5, 5.41) is 14.1. The monoisotopic (exact) mass is 362 g/mol. The van der Waals surface area contributed by atoms with Crippen molar-refractivity contribution in [1.29, 1.82) is 0 Å². The predicted octanol–water partition coefficient (Wildman–Crippen LogP) is 4.35. The smallest absolute Gasteiger partial charge is 0.276 e. The summed E-state index contributed by atoms with van der Waals surface area (Å²) in [6, 6.07) is 17.0. The van der Waals surface area contributed by atoms with Crippen LogP contribution in [0.2, 0.25) is 0 Å². The molecule has 27 heavy (non-hydrogen) atoms. The lowest BCUT2D eigenvalue weighted by atomic mass is 10.1. The van der Waals surface area contributed by atoms with Gasteiger partial charge in [0.2, 0.25) is 0 Å². The van der Waals surface area contributed by atoms with E-state index in [0.29, 0.717) is 17.3 Å². The zero-order chi connectivity index (χ0) is 19.2. The van der Waals surface area contributed by atoms with Gasteiger partial charge in [-0.15, -0.1) is 10.2 Å². The molecule has 0 aliphatic carbocycles. The molecule has 6 heteroatoms. The number of aryl methyl sites for hydroxylation is 2. The van der Waals surface area contributed by atoms with Gasteiger partial charge in [0, 0.05) is 5.69 Å². The van der Waals surface area contributed by atoms with E-state index in [1.54, 1.807) is 19.2 Å². The normalized spacial score (nSPS) is 10.3. The number of aromatic nitrogens is 2. The van der Waals surface area contributed by atoms with Crippen LogP contribution in [0.3, 0.4) is 0 Å². The molecule has 0 aliphatic heterocycles. The molecule has 0 atom stereocenters.